The fourth-order valence-corrected chi connectivity index (χ4v) is 5.35. The van der Waals surface area contributed by atoms with Crippen molar-refractivity contribution >= 4 is 41.5 Å². The van der Waals surface area contributed by atoms with Crippen molar-refractivity contribution in [1.82, 2.24) is 10.7 Å². The van der Waals surface area contributed by atoms with Crippen LogP contribution in [0.3, 0.4) is 0 Å². The first-order valence-corrected chi connectivity index (χ1v) is 13.4. The molecule has 0 bridgehead atoms. The zero-order valence-electron chi connectivity index (χ0n) is 22.1. The number of methoxy groups -OCH3 is 1. The van der Waals surface area contributed by atoms with Gasteiger partial charge in [-0.15, -0.1) is 5.43 Å². The number of nitroso groups, excluding NO2 is 1. The Morgan fingerprint density at radius 2 is 1.95 bits per heavy atom. The number of anilines is 1. The highest BCUT2D eigenvalue weighted by atomic mass is 35.5. The molecule has 3 aromatic carbocycles. The van der Waals surface area contributed by atoms with Crippen molar-refractivity contribution in [3.63, 3.8) is 0 Å². The van der Waals surface area contributed by atoms with Crippen LogP contribution in [0.4, 0.5) is 5.69 Å². The molecule has 40 heavy (non-hydrogen) atoms. The van der Waals surface area contributed by atoms with Crippen molar-refractivity contribution in [2.75, 3.05) is 18.6 Å². The molecule has 10 nitrogen and oxygen atoms in total. The first kappa shape index (κ1) is 27.6. The van der Waals surface area contributed by atoms with E-state index in [1.54, 1.807) is 37.4 Å². The summed E-state index contributed by atoms with van der Waals surface area (Å²) in [5, 5.41) is 22.3. The Balaban J connectivity index is 1.44. The predicted octanol–water partition coefficient (Wildman–Crippen LogP) is 1.77. The van der Waals surface area contributed by atoms with Gasteiger partial charge in [0.1, 0.15) is 16.7 Å². The number of hydrazine groups is 1. The van der Waals surface area contributed by atoms with Crippen molar-refractivity contribution in [3.8, 4) is 5.75 Å². The number of carbonyl (C=O) groups is 1. The third kappa shape index (κ3) is 5.67. The molecule has 0 radical (unpaired) electrons. The number of ether oxygens (including phenoxy) is 1. The molecule has 1 fully saturated rings. The van der Waals surface area contributed by atoms with Crippen LogP contribution < -0.4 is 25.8 Å². The summed E-state index contributed by atoms with van der Waals surface area (Å²) in [5.74, 6) is 0.392. The fraction of sp³-hybridized carbons (Fsp3) is 0.286. The molecule has 3 atom stereocenters. The van der Waals surface area contributed by atoms with E-state index < -0.39 is 19.3 Å². The molecule has 3 aromatic rings. The number of amides is 1. The highest BCUT2D eigenvalue weighted by Crippen LogP contribution is 2.37. The molecule has 0 aliphatic carbocycles. The second-order valence-corrected chi connectivity index (χ2v) is 10.2. The fourth-order valence-electron chi connectivity index (χ4n) is 5.22. The molecule has 2 aliphatic rings. The average molecular weight is 563 g/mol. The molecule has 1 saturated heterocycles. The molecule has 2 heterocycles. The van der Waals surface area contributed by atoms with Gasteiger partial charge in [-0.25, -0.2) is 0 Å². The van der Waals surface area contributed by atoms with E-state index in [9.17, 15) is 19.7 Å². The second kappa shape index (κ2) is 11.7. The summed E-state index contributed by atoms with van der Waals surface area (Å²) in [5.41, 5.74) is 7.18. The van der Waals surface area contributed by atoms with Crippen LogP contribution in [0.25, 0.3) is 0 Å². The van der Waals surface area contributed by atoms with Crippen molar-refractivity contribution in [2.24, 2.45) is 4.99 Å². The van der Waals surface area contributed by atoms with Gasteiger partial charge in [-0.3, -0.25) is 14.7 Å². The third-order valence-electron chi connectivity index (χ3n) is 7.13. The van der Waals surface area contributed by atoms with Crippen LogP contribution in [0.15, 0.2) is 71.7 Å². The smallest absolute Gasteiger partial charge is 0.488 e. The van der Waals surface area contributed by atoms with E-state index in [2.05, 4.69) is 10.7 Å². The monoisotopic (exact) mass is 562 g/mol. The van der Waals surface area contributed by atoms with E-state index in [4.69, 9.17) is 21.3 Å². The maximum absolute atomic E-state index is 13.2. The Hall–Kier alpha value is -3.93. The number of aliphatic imine (C=N–C) groups is 1. The largest absolute Gasteiger partial charge is 0.497 e. The van der Waals surface area contributed by atoms with E-state index in [1.165, 1.54) is 0 Å². The van der Waals surface area contributed by atoms with Gasteiger partial charge in [-0.1, -0.05) is 48.0 Å². The highest BCUT2D eigenvalue weighted by molar-refractivity contribution is 6.58. The Morgan fingerprint density at radius 1 is 1.18 bits per heavy atom. The summed E-state index contributed by atoms with van der Waals surface area (Å²) in [7, 11) is 0.0386. The second-order valence-electron chi connectivity index (χ2n) is 9.81. The Bertz CT molecular complexity index is 1450. The van der Waals surface area contributed by atoms with Crippen LogP contribution in [0, 0.1) is 4.91 Å². The van der Waals surface area contributed by atoms with Crippen LogP contribution in [-0.4, -0.2) is 65.7 Å². The molecule has 2 aliphatic heterocycles. The molecule has 0 spiro atoms. The highest BCUT2D eigenvalue weighted by Gasteiger charge is 2.53. The van der Waals surface area contributed by atoms with Gasteiger partial charge in [0.15, 0.2) is 6.17 Å². The number of hydrogen-bond donors (Lipinski definition) is 4. The first-order chi connectivity index (χ1) is 19.2. The quantitative estimate of drug-likeness (QED) is 0.244. The number of benzene rings is 3. The van der Waals surface area contributed by atoms with Crippen molar-refractivity contribution in [2.45, 2.75) is 38.1 Å². The molecular formula is C28H30BClN5O5+. The van der Waals surface area contributed by atoms with Crippen LogP contribution in [0.2, 0.25) is 5.02 Å². The van der Waals surface area contributed by atoms with Crippen molar-refractivity contribution in [3.05, 3.63) is 93.4 Å². The van der Waals surface area contributed by atoms with Gasteiger partial charge >= 0.3 is 13.3 Å². The van der Waals surface area contributed by atoms with E-state index in [0.717, 1.165) is 27.2 Å². The third-order valence-corrected chi connectivity index (χ3v) is 7.38. The standard InChI is InChI=1S/C28H29BClN5O5/c1-17-33-35(39)28-24(16-26(36)31-13-12-18-4-3-5-20(14-18)29(37)38)32-27(19-6-8-21(30)9-7-19)23-15-22(40-2)10-11-25(23)34(17)28/h3-11,14-15,17,24,28,37-38H,12-13,16H2,1-2H3,(H-,31,33,36,39)/p+1. The molecule has 4 N–H and O–H groups in total. The Kier molecular flexibility index (Phi) is 8.06. The normalized spacial score (nSPS) is 19.6. The summed E-state index contributed by atoms with van der Waals surface area (Å²) in [6.45, 7) is 2.23. The van der Waals surface area contributed by atoms with Gasteiger partial charge in [0.05, 0.1) is 29.8 Å². The van der Waals surface area contributed by atoms with Crippen molar-refractivity contribution in [1.29, 1.82) is 0 Å². The zero-order chi connectivity index (χ0) is 28.4. The summed E-state index contributed by atoms with van der Waals surface area (Å²) >= 11 is 6.16. The minimum Gasteiger partial charge on any atom is -0.497 e. The number of halogens is 1. The van der Waals surface area contributed by atoms with Crippen LogP contribution in [0.1, 0.15) is 30.0 Å². The lowest BCUT2D eigenvalue weighted by Gasteiger charge is -2.24. The average Bonchev–Trinajstić information content (AvgIpc) is 3.15. The maximum Gasteiger partial charge on any atom is 0.488 e. The van der Waals surface area contributed by atoms with Gasteiger partial charge in [-0.2, -0.15) is 0 Å². The van der Waals surface area contributed by atoms with Gasteiger partial charge < -0.3 is 20.1 Å². The summed E-state index contributed by atoms with van der Waals surface area (Å²) in [6, 6.07) is 19.1. The molecule has 1 amide bonds. The van der Waals surface area contributed by atoms with E-state index in [-0.39, 0.29) is 18.5 Å². The summed E-state index contributed by atoms with van der Waals surface area (Å²) < 4.78 is 5.50. The number of fused-ring (bicyclic) bond motifs is 3. The lowest BCUT2D eigenvalue weighted by molar-refractivity contribution is -0.622. The van der Waals surface area contributed by atoms with Gasteiger partial charge in [-0.05, 0) is 54.7 Å². The number of rotatable bonds is 8. The number of hydrogen-bond acceptors (Lipinski definition) is 7. The molecule has 3 unspecified atom stereocenters. The van der Waals surface area contributed by atoms with Crippen LogP contribution in [-0.2, 0) is 11.2 Å². The predicted molar refractivity (Wildman–Crippen MR) is 154 cm³/mol. The Morgan fingerprint density at radius 3 is 2.67 bits per heavy atom. The zero-order valence-corrected chi connectivity index (χ0v) is 22.9. The van der Waals surface area contributed by atoms with Gasteiger partial charge in [0.25, 0.3) is 0 Å². The molecule has 12 heteroatoms. The molecular weight excluding hydrogens is 533 g/mol. The molecule has 5 rings (SSSR count). The van der Waals surface area contributed by atoms with Crippen molar-refractivity contribution < 1.29 is 24.4 Å². The molecule has 0 aromatic heterocycles. The minimum absolute atomic E-state index is 0.0219. The topological polar surface area (TPSA) is 126 Å². The first-order valence-electron chi connectivity index (χ1n) is 13.0. The van der Waals surface area contributed by atoms with Crippen LogP contribution >= 0.6 is 11.6 Å². The van der Waals surface area contributed by atoms with E-state index in [0.29, 0.717) is 34.9 Å². The number of nitrogens with zero attached hydrogens (tertiary/aromatic N) is 3. The maximum atomic E-state index is 13.2. The Labute approximate surface area is 237 Å². The number of carbonyl (C=O) groups excluding carboxylic acids is 1. The van der Waals surface area contributed by atoms with Gasteiger partial charge in [0, 0.05) is 22.7 Å². The van der Waals surface area contributed by atoms with E-state index >= 15 is 0 Å². The molecule has 0 saturated carbocycles. The van der Waals surface area contributed by atoms with E-state index in [1.807, 2.05) is 48.2 Å². The lowest BCUT2D eigenvalue weighted by atomic mass is 9.79. The summed E-state index contributed by atoms with van der Waals surface area (Å²) in [6.07, 6.45) is -0.621. The SMILES string of the molecule is COc1ccc2c(c1)C(c1ccc(Cl)cc1)=NC(CC(=O)NCCc1cccc(B(O)O)c1)C1N2C(C)N[N+]1=O. The molecule has 206 valence electrons. The van der Waals surface area contributed by atoms with Gasteiger partial charge in [0.2, 0.25) is 5.91 Å². The summed E-state index contributed by atoms with van der Waals surface area (Å²) in [4.78, 5) is 34.1. The lowest BCUT2D eigenvalue weighted by Crippen LogP contribution is -2.46. The minimum atomic E-state index is -1.55. The van der Waals surface area contributed by atoms with Crippen LogP contribution in [0.5, 0.6) is 5.75 Å². The number of nitrogens with one attached hydrogen (secondary N) is 2.